The highest BCUT2D eigenvalue weighted by Crippen LogP contribution is 2.30. The molecule has 2 aliphatic rings. The van der Waals surface area contributed by atoms with Gasteiger partial charge in [0.1, 0.15) is 18.5 Å². The summed E-state index contributed by atoms with van der Waals surface area (Å²) in [6, 6.07) is 6.66. The second-order valence-electron chi connectivity index (χ2n) is 6.38. The molecule has 1 aliphatic heterocycles. The Morgan fingerprint density at radius 2 is 2.23 bits per heavy atom. The Balaban J connectivity index is 0.00000176. The predicted octanol–water partition coefficient (Wildman–Crippen LogP) is 2.40. The van der Waals surface area contributed by atoms with Gasteiger partial charge in [0.15, 0.2) is 0 Å². The minimum atomic E-state index is -0.203. The van der Waals surface area contributed by atoms with E-state index >= 15 is 0 Å². The molecule has 0 radical (unpaired) electrons. The monoisotopic (exact) mass is 327 g/mol. The molecular formula is C17H26ClNO3. The summed E-state index contributed by atoms with van der Waals surface area (Å²) in [4.78, 5) is 2.31. The zero-order valence-electron chi connectivity index (χ0n) is 13.3. The molecule has 0 aromatic heterocycles. The van der Waals surface area contributed by atoms with Crippen molar-refractivity contribution in [3.8, 4) is 5.75 Å². The molecule has 0 bridgehead atoms. The zero-order valence-corrected chi connectivity index (χ0v) is 14.1. The van der Waals surface area contributed by atoms with Gasteiger partial charge in [-0.15, -0.1) is 12.4 Å². The number of hydrogen-bond acceptors (Lipinski definition) is 4. The fourth-order valence-corrected chi connectivity index (χ4v) is 3.10. The van der Waals surface area contributed by atoms with Crippen molar-refractivity contribution >= 4 is 12.4 Å². The van der Waals surface area contributed by atoms with Crippen LogP contribution in [0.3, 0.4) is 0 Å². The highest BCUT2D eigenvalue weighted by molar-refractivity contribution is 5.85. The van der Waals surface area contributed by atoms with Crippen LogP contribution in [0.2, 0.25) is 0 Å². The third-order valence-electron chi connectivity index (χ3n) is 4.48. The van der Waals surface area contributed by atoms with Crippen LogP contribution in [0.1, 0.15) is 31.4 Å². The van der Waals surface area contributed by atoms with Gasteiger partial charge in [0, 0.05) is 12.6 Å². The Bertz CT molecular complexity index is 495. The minimum absolute atomic E-state index is 0. The lowest BCUT2D eigenvalue weighted by Gasteiger charge is -2.23. The number of ether oxygens (including phenoxy) is 2. The standard InChI is InChI=1S/C17H25NO3.ClH/c1-12(2)18-9-15(21-11-18)10-20-17-5-3-4-13-8-14(19)6-7-16(13)17;/h3-5,12,14-15,19H,6-11H2,1-2H3;1H. The zero-order chi connectivity index (χ0) is 14.8. The molecule has 22 heavy (non-hydrogen) atoms. The van der Waals surface area contributed by atoms with Gasteiger partial charge < -0.3 is 14.6 Å². The molecule has 1 N–H and O–H groups in total. The summed E-state index contributed by atoms with van der Waals surface area (Å²) in [5, 5.41) is 9.76. The highest BCUT2D eigenvalue weighted by atomic mass is 35.5. The summed E-state index contributed by atoms with van der Waals surface area (Å²) in [6.45, 7) is 6.61. The molecule has 1 heterocycles. The van der Waals surface area contributed by atoms with Gasteiger partial charge in [-0.05, 0) is 50.3 Å². The van der Waals surface area contributed by atoms with Gasteiger partial charge in [0.05, 0.1) is 12.8 Å². The largest absolute Gasteiger partial charge is 0.491 e. The third-order valence-corrected chi connectivity index (χ3v) is 4.48. The summed E-state index contributed by atoms with van der Waals surface area (Å²) < 4.78 is 11.8. The van der Waals surface area contributed by atoms with Gasteiger partial charge >= 0.3 is 0 Å². The number of rotatable bonds is 4. The summed E-state index contributed by atoms with van der Waals surface area (Å²) in [6.07, 6.45) is 2.42. The van der Waals surface area contributed by atoms with Crippen LogP contribution in [0.4, 0.5) is 0 Å². The first kappa shape index (κ1) is 17.5. The average molecular weight is 328 g/mol. The molecule has 1 aliphatic carbocycles. The topological polar surface area (TPSA) is 41.9 Å². The van der Waals surface area contributed by atoms with Crippen molar-refractivity contribution < 1.29 is 14.6 Å². The third kappa shape index (κ3) is 3.93. The van der Waals surface area contributed by atoms with Crippen molar-refractivity contribution in [2.75, 3.05) is 19.9 Å². The molecule has 1 fully saturated rings. The number of aliphatic hydroxyl groups is 1. The van der Waals surface area contributed by atoms with Crippen LogP contribution in [0.25, 0.3) is 0 Å². The lowest BCUT2D eigenvalue weighted by Crippen LogP contribution is -2.30. The minimum Gasteiger partial charge on any atom is -0.491 e. The highest BCUT2D eigenvalue weighted by Gasteiger charge is 2.26. The fourth-order valence-electron chi connectivity index (χ4n) is 3.10. The van der Waals surface area contributed by atoms with Crippen LogP contribution in [-0.2, 0) is 17.6 Å². The first-order valence-corrected chi connectivity index (χ1v) is 7.90. The summed E-state index contributed by atoms with van der Waals surface area (Å²) >= 11 is 0. The maximum atomic E-state index is 9.76. The second-order valence-corrected chi connectivity index (χ2v) is 6.38. The summed E-state index contributed by atoms with van der Waals surface area (Å²) in [5.74, 6) is 0.964. The smallest absolute Gasteiger partial charge is 0.122 e. The van der Waals surface area contributed by atoms with Crippen LogP contribution in [0, 0.1) is 0 Å². The van der Waals surface area contributed by atoms with E-state index in [1.807, 2.05) is 12.1 Å². The molecule has 1 saturated heterocycles. The summed E-state index contributed by atoms with van der Waals surface area (Å²) in [7, 11) is 0. The number of nitrogens with zero attached hydrogens (tertiary/aromatic N) is 1. The molecule has 5 heteroatoms. The van der Waals surface area contributed by atoms with Crippen molar-refractivity contribution in [1.82, 2.24) is 4.90 Å². The Kier molecular flexibility index (Phi) is 6.09. The Morgan fingerprint density at radius 3 is 2.95 bits per heavy atom. The van der Waals surface area contributed by atoms with Crippen LogP contribution < -0.4 is 4.74 Å². The van der Waals surface area contributed by atoms with E-state index in [1.54, 1.807) is 0 Å². The van der Waals surface area contributed by atoms with Gasteiger partial charge in [0.2, 0.25) is 0 Å². The van der Waals surface area contributed by atoms with E-state index in [4.69, 9.17) is 9.47 Å². The van der Waals surface area contributed by atoms with Crippen molar-refractivity contribution in [1.29, 1.82) is 0 Å². The van der Waals surface area contributed by atoms with Crippen LogP contribution >= 0.6 is 12.4 Å². The molecule has 2 unspecified atom stereocenters. The van der Waals surface area contributed by atoms with Gasteiger partial charge in [-0.1, -0.05) is 12.1 Å². The molecule has 1 aromatic rings. The first-order chi connectivity index (χ1) is 10.1. The van der Waals surface area contributed by atoms with Crippen LogP contribution in [-0.4, -0.2) is 48.1 Å². The predicted molar refractivity (Wildman–Crippen MR) is 88.8 cm³/mol. The van der Waals surface area contributed by atoms with Crippen molar-refractivity contribution in [3.05, 3.63) is 29.3 Å². The summed E-state index contributed by atoms with van der Waals surface area (Å²) in [5.41, 5.74) is 2.49. The van der Waals surface area contributed by atoms with Gasteiger partial charge in [0.25, 0.3) is 0 Å². The van der Waals surface area contributed by atoms with E-state index in [0.717, 1.165) is 31.6 Å². The molecule has 1 aromatic carbocycles. The van der Waals surface area contributed by atoms with E-state index in [9.17, 15) is 5.11 Å². The maximum Gasteiger partial charge on any atom is 0.122 e. The van der Waals surface area contributed by atoms with Gasteiger partial charge in [-0.3, -0.25) is 4.90 Å². The molecular weight excluding hydrogens is 302 g/mol. The quantitative estimate of drug-likeness (QED) is 0.922. The number of aliphatic hydroxyl groups excluding tert-OH is 1. The van der Waals surface area contributed by atoms with E-state index < -0.39 is 0 Å². The van der Waals surface area contributed by atoms with E-state index in [2.05, 4.69) is 24.8 Å². The Morgan fingerprint density at radius 1 is 1.41 bits per heavy atom. The molecule has 0 spiro atoms. The van der Waals surface area contributed by atoms with Crippen molar-refractivity contribution in [2.24, 2.45) is 0 Å². The maximum absolute atomic E-state index is 9.76. The Hall–Kier alpha value is -0.810. The molecule has 0 saturated carbocycles. The average Bonchev–Trinajstić information content (AvgIpc) is 2.93. The van der Waals surface area contributed by atoms with Crippen LogP contribution in [0.5, 0.6) is 5.75 Å². The molecule has 0 amide bonds. The SMILES string of the molecule is CC(C)N1COC(COc2cccc3c2CCC(O)C3)C1.Cl. The normalized spacial score (nSPS) is 24.9. The molecule has 3 rings (SSSR count). The first-order valence-electron chi connectivity index (χ1n) is 7.90. The fraction of sp³-hybridized carbons (Fsp3) is 0.647. The lowest BCUT2D eigenvalue weighted by atomic mass is 9.89. The number of fused-ring (bicyclic) bond motifs is 1. The van der Waals surface area contributed by atoms with E-state index in [0.29, 0.717) is 19.4 Å². The van der Waals surface area contributed by atoms with Gasteiger partial charge in [-0.2, -0.15) is 0 Å². The molecule has 124 valence electrons. The van der Waals surface area contributed by atoms with Gasteiger partial charge in [-0.25, -0.2) is 0 Å². The second kappa shape index (κ2) is 7.64. The van der Waals surface area contributed by atoms with Crippen molar-refractivity contribution in [2.45, 2.75) is 51.4 Å². The van der Waals surface area contributed by atoms with E-state index in [-0.39, 0.29) is 24.6 Å². The van der Waals surface area contributed by atoms with Crippen molar-refractivity contribution in [3.63, 3.8) is 0 Å². The van der Waals surface area contributed by atoms with E-state index in [1.165, 1.54) is 11.1 Å². The van der Waals surface area contributed by atoms with Crippen LogP contribution in [0.15, 0.2) is 18.2 Å². The Labute approximate surface area is 138 Å². The molecule has 4 nitrogen and oxygen atoms in total. The molecule has 2 atom stereocenters. The number of halogens is 1. The lowest BCUT2D eigenvalue weighted by molar-refractivity contribution is 0.0546. The number of hydrogen-bond donors (Lipinski definition) is 1. The number of benzene rings is 1.